The second-order valence-electron chi connectivity index (χ2n) is 3.92. The largest absolute Gasteiger partial charge is 0.338 e. The van der Waals surface area contributed by atoms with E-state index >= 15 is 0 Å². The van der Waals surface area contributed by atoms with E-state index in [0.717, 1.165) is 16.7 Å². The van der Waals surface area contributed by atoms with E-state index in [1.165, 1.54) is 0 Å². The van der Waals surface area contributed by atoms with Crippen LogP contribution < -0.4 is 5.73 Å². The summed E-state index contributed by atoms with van der Waals surface area (Å²) in [6, 6.07) is 5.82. The van der Waals surface area contributed by atoms with Crippen LogP contribution in [-0.4, -0.2) is 30.4 Å². The van der Waals surface area contributed by atoms with Gasteiger partial charge in [-0.2, -0.15) is 0 Å². The standard InChI is InChI=1S/C13H20N2O/c1-4-15(9-8-14)13(16)12-7-5-6-10(2)11(12)3/h5-7H,4,8-9,14H2,1-3H3. The molecule has 88 valence electrons. The number of benzene rings is 1. The Bertz CT molecular complexity index is 374. The fourth-order valence-corrected chi connectivity index (χ4v) is 1.71. The van der Waals surface area contributed by atoms with Gasteiger partial charge in [-0.05, 0) is 38.0 Å². The highest BCUT2D eigenvalue weighted by Crippen LogP contribution is 2.14. The highest BCUT2D eigenvalue weighted by molar-refractivity contribution is 5.95. The summed E-state index contributed by atoms with van der Waals surface area (Å²) in [5.41, 5.74) is 8.49. The monoisotopic (exact) mass is 220 g/mol. The van der Waals surface area contributed by atoms with Crippen molar-refractivity contribution in [2.75, 3.05) is 19.6 Å². The van der Waals surface area contributed by atoms with E-state index in [0.29, 0.717) is 19.6 Å². The lowest BCUT2D eigenvalue weighted by molar-refractivity contribution is 0.0768. The van der Waals surface area contributed by atoms with Crippen LogP contribution in [0.2, 0.25) is 0 Å². The van der Waals surface area contributed by atoms with Crippen molar-refractivity contribution in [3.05, 3.63) is 34.9 Å². The number of carbonyl (C=O) groups excluding carboxylic acids is 1. The number of rotatable bonds is 4. The maximum atomic E-state index is 12.2. The summed E-state index contributed by atoms with van der Waals surface area (Å²) in [6.45, 7) is 7.79. The van der Waals surface area contributed by atoms with Crippen molar-refractivity contribution in [1.29, 1.82) is 0 Å². The van der Waals surface area contributed by atoms with Gasteiger partial charge in [0.1, 0.15) is 0 Å². The van der Waals surface area contributed by atoms with Crippen molar-refractivity contribution >= 4 is 5.91 Å². The van der Waals surface area contributed by atoms with Crippen LogP contribution in [0, 0.1) is 13.8 Å². The van der Waals surface area contributed by atoms with E-state index in [4.69, 9.17) is 5.73 Å². The molecule has 3 heteroatoms. The van der Waals surface area contributed by atoms with E-state index in [1.807, 2.05) is 39.0 Å². The lowest BCUT2D eigenvalue weighted by Crippen LogP contribution is -2.35. The lowest BCUT2D eigenvalue weighted by atomic mass is 10.0. The molecule has 0 bridgehead atoms. The number of aryl methyl sites for hydroxylation is 1. The number of amides is 1. The molecule has 1 aromatic rings. The zero-order chi connectivity index (χ0) is 12.1. The second-order valence-corrected chi connectivity index (χ2v) is 3.92. The van der Waals surface area contributed by atoms with E-state index in [-0.39, 0.29) is 5.91 Å². The molecule has 0 atom stereocenters. The van der Waals surface area contributed by atoms with E-state index in [9.17, 15) is 4.79 Å². The molecule has 0 aliphatic rings. The van der Waals surface area contributed by atoms with Gasteiger partial charge >= 0.3 is 0 Å². The Morgan fingerprint density at radius 3 is 2.62 bits per heavy atom. The zero-order valence-electron chi connectivity index (χ0n) is 10.3. The second kappa shape index (κ2) is 5.66. The summed E-state index contributed by atoms with van der Waals surface area (Å²) in [7, 11) is 0. The topological polar surface area (TPSA) is 46.3 Å². The Morgan fingerprint density at radius 2 is 2.06 bits per heavy atom. The van der Waals surface area contributed by atoms with Gasteiger partial charge in [0.2, 0.25) is 0 Å². The van der Waals surface area contributed by atoms with E-state index in [1.54, 1.807) is 4.90 Å². The summed E-state index contributed by atoms with van der Waals surface area (Å²) in [5.74, 6) is 0.0779. The van der Waals surface area contributed by atoms with Gasteiger partial charge in [-0.15, -0.1) is 0 Å². The van der Waals surface area contributed by atoms with Crippen molar-refractivity contribution < 1.29 is 4.79 Å². The molecule has 0 heterocycles. The predicted octanol–water partition coefficient (Wildman–Crippen LogP) is 1.72. The van der Waals surface area contributed by atoms with Crippen LogP contribution >= 0.6 is 0 Å². The molecule has 0 spiro atoms. The first-order valence-electron chi connectivity index (χ1n) is 5.67. The minimum atomic E-state index is 0.0779. The average Bonchev–Trinajstić information content (AvgIpc) is 2.29. The van der Waals surface area contributed by atoms with E-state index < -0.39 is 0 Å². The SMILES string of the molecule is CCN(CCN)C(=O)c1cccc(C)c1C. The molecule has 0 unspecified atom stereocenters. The molecule has 3 nitrogen and oxygen atoms in total. The number of hydrogen-bond donors (Lipinski definition) is 1. The Morgan fingerprint density at radius 1 is 1.38 bits per heavy atom. The zero-order valence-corrected chi connectivity index (χ0v) is 10.3. The van der Waals surface area contributed by atoms with Gasteiger partial charge in [0.25, 0.3) is 5.91 Å². The fourth-order valence-electron chi connectivity index (χ4n) is 1.71. The van der Waals surface area contributed by atoms with Crippen molar-refractivity contribution in [3.8, 4) is 0 Å². The highest BCUT2D eigenvalue weighted by atomic mass is 16.2. The Hall–Kier alpha value is -1.35. The molecule has 0 aliphatic heterocycles. The molecule has 1 amide bonds. The summed E-state index contributed by atoms with van der Waals surface area (Å²) < 4.78 is 0. The molecule has 0 saturated heterocycles. The highest BCUT2D eigenvalue weighted by Gasteiger charge is 2.15. The van der Waals surface area contributed by atoms with Crippen LogP contribution in [0.15, 0.2) is 18.2 Å². The van der Waals surface area contributed by atoms with Gasteiger partial charge in [0, 0.05) is 25.2 Å². The minimum absolute atomic E-state index is 0.0779. The first-order chi connectivity index (χ1) is 7.61. The number of likely N-dealkylation sites (N-methyl/N-ethyl adjacent to an activating group) is 1. The van der Waals surface area contributed by atoms with Crippen molar-refractivity contribution in [1.82, 2.24) is 4.90 Å². The predicted molar refractivity (Wildman–Crippen MR) is 66.5 cm³/mol. The first-order valence-corrected chi connectivity index (χ1v) is 5.67. The molecule has 0 aliphatic carbocycles. The normalized spacial score (nSPS) is 10.2. The third kappa shape index (κ3) is 2.61. The summed E-state index contributed by atoms with van der Waals surface area (Å²) in [6.07, 6.45) is 0. The quantitative estimate of drug-likeness (QED) is 0.840. The maximum absolute atomic E-state index is 12.2. The molecule has 16 heavy (non-hydrogen) atoms. The minimum Gasteiger partial charge on any atom is -0.338 e. The van der Waals surface area contributed by atoms with Gasteiger partial charge in [-0.1, -0.05) is 12.1 Å². The summed E-state index contributed by atoms with van der Waals surface area (Å²) in [4.78, 5) is 14.0. The number of nitrogens with two attached hydrogens (primary N) is 1. The van der Waals surface area contributed by atoms with Crippen LogP contribution in [0.4, 0.5) is 0 Å². The van der Waals surface area contributed by atoms with Crippen molar-refractivity contribution in [2.24, 2.45) is 5.73 Å². The molecule has 1 aromatic carbocycles. The fraction of sp³-hybridized carbons (Fsp3) is 0.462. The Balaban J connectivity index is 2.99. The summed E-state index contributed by atoms with van der Waals surface area (Å²) >= 11 is 0. The average molecular weight is 220 g/mol. The lowest BCUT2D eigenvalue weighted by Gasteiger charge is -2.21. The van der Waals surface area contributed by atoms with Gasteiger partial charge in [-0.3, -0.25) is 4.79 Å². The molecule has 2 N–H and O–H groups in total. The van der Waals surface area contributed by atoms with Crippen LogP contribution in [0.3, 0.4) is 0 Å². The maximum Gasteiger partial charge on any atom is 0.254 e. The summed E-state index contributed by atoms with van der Waals surface area (Å²) in [5, 5.41) is 0. The number of hydrogen-bond acceptors (Lipinski definition) is 2. The number of nitrogens with zero attached hydrogens (tertiary/aromatic N) is 1. The molecule has 0 aromatic heterocycles. The third-order valence-electron chi connectivity index (χ3n) is 2.90. The van der Waals surface area contributed by atoms with Gasteiger partial charge in [0.05, 0.1) is 0 Å². The molecular weight excluding hydrogens is 200 g/mol. The van der Waals surface area contributed by atoms with Crippen molar-refractivity contribution in [2.45, 2.75) is 20.8 Å². The van der Waals surface area contributed by atoms with Gasteiger partial charge < -0.3 is 10.6 Å². The first kappa shape index (κ1) is 12.7. The van der Waals surface area contributed by atoms with Crippen LogP contribution in [0.25, 0.3) is 0 Å². The molecule has 0 radical (unpaired) electrons. The third-order valence-corrected chi connectivity index (χ3v) is 2.90. The number of carbonyl (C=O) groups is 1. The molecule has 1 rings (SSSR count). The smallest absolute Gasteiger partial charge is 0.254 e. The Labute approximate surface area is 97.2 Å². The van der Waals surface area contributed by atoms with Crippen LogP contribution in [-0.2, 0) is 0 Å². The van der Waals surface area contributed by atoms with Crippen LogP contribution in [0.5, 0.6) is 0 Å². The molecule has 0 saturated carbocycles. The van der Waals surface area contributed by atoms with Gasteiger partial charge in [0.15, 0.2) is 0 Å². The van der Waals surface area contributed by atoms with E-state index in [2.05, 4.69) is 0 Å². The molecular formula is C13H20N2O. The van der Waals surface area contributed by atoms with Crippen LogP contribution in [0.1, 0.15) is 28.4 Å². The van der Waals surface area contributed by atoms with Crippen molar-refractivity contribution in [3.63, 3.8) is 0 Å². The molecule has 0 fully saturated rings. The Kier molecular flexibility index (Phi) is 4.50. The van der Waals surface area contributed by atoms with Gasteiger partial charge in [-0.25, -0.2) is 0 Å².